The molecular formula is C41H27N. The zero-order chi connectivity index (χ0) is 27.8. The van der Waals surface area contributed by atoms with Crippen molar-refractivity contribution < 1.29 is 0 Å². The third-order valence-electron chi connectivity index (χ3n) is 9.35. The standard InChI is InChI=1S/C41H27N/c1-26-9-8-16-40(42-26)30-20-18-27-17-19-28(23-31(27)24-30)29-21-22-39-35(25-29)34-12-4-7-15-38(34)41(39)36-13-5-2-10-32(36)33-11-3-6-14-37(33)41/h2-25H,1H3. The lowest BCUT2D eigenvalue weighted by Gasteiger charge is -2.30. The van der Waals surface area contributed by atoms with Gasteiger partial charge in [-0.05, 0) is 104 Å². The summed E-state index contributed by atoms with van der Waals surface area (Å²) in [6.45, 7) is 2.04. The van der Waals surface area contributed by atoms with Gasteiger partial charge in [-0.25, -0.2) is 0 Å². The molecule has 1 nitrogen and oxygen atoms in total. The van der Waals surface area contributed by atoms with Crippen LogP contribution in [0.15, 0.2) is 146 Å². The fourth-order valence-electron chi connectivity index (χ4n) is 7.57. The van der Waals surface area contributed by atoms with Gasteiger partial charge < -0.3 is 0 Å². The predicted molar refractivity (Wildman–Crippen MR) is 174 cm³/mol. The van der Waals surface area contributed by atoms with Crippen molar-refractivity contribution in [2.45, 2.75) is 12.3 Å². The number of aromatic nitrogens is 1. The Balaban J connectivity index is 1.24. The minimum absolute atomic E-state index is 0.295. The van der Waals surface area contributed by atoms with Gasteiger partial charge in [0.2, 0.25) is 0 Å². The molecule has 9 rings (SSSR count). The molecule has 0 atom stereocenters. The van der Waals surface area contributed by atoms with Gasteiger partial charge in [-0.1, -0.05) is 115 Å². The van der Waals surface area contributed by atoms with Gasteiger partial charge >= 0.3 is 0 Å². The highest BCUT2D eigenvalue weighted by atomic mass is 14.7. The number of aryl methyl sites for hydroxylation is 1. The van der Waals surface area contributed by atoms with Gasteiger partial charge in [0.1, 0.15) is 0 Å². The molecule has 0 unspecified atom stereocenters. The number of fused-ring (bicyclic) bond motifs is 11. The molecule has 1 heterocycles. The number of hydrogen-bond acceptors (Lipinski definition) is 1. The minimum Gasteiger partial charge on any atom is -0.253 e. The molecule has 0 amide bonds. The van der Waals surface area contributed by atoms with Crippen LogP contribution in [0.1, 0.15) is 27.9 Å². The first-order valence-electron chi connectivity index (χ1n) is 14.6. The lowest BCUT2D eigenvalue weighted by molar-refractivity contribution is 0.794. The molecule has 0 saturated carbocycles. The van der Waals surface area contributed by atoms with Crippen molar-refractivity contribution in [3.8, 4) is 44.6 Å². The van der Waals surface area contributed by atoms with Crippen molar-refractivity contribution in [2.24, 2.45) is 0 Å². The fourth-order valence-corrected chi connectivity index (χ4v) is 7.57. The second-order valence-corrected chi connectivity index (χ2v) is 11.6. The Bertz CT molecular complexity index is 2170. The van der Waals surface area contributed by atoms with Crippen LogP contribution in [0.4, 0.5) is 0 Å². The Hall–Kier alpha value is -5.27. The van der Waals surface area contributed by atoms with E-state index in [1.807, 2.05) is 13.0 Å². The van der Waals surface area contributed by atoms with Crippen LogP contribution in [0.2, 0.25) is 0 Å². The van der Waals surface area contributed by atoms with E-state index >= 15 is 0 Å². The smallest absolute Gasteiger partial charge is 0.0725 e. The maximum Gasteiger partial charge on any atom is 0.0725 e. The third kappa shape index (κ3) is 3.11. The van der Waals surface area contributed by atoms with Crippen LogP contribution >= 0.6 is 0 Å². The van der Waals surface area contributed by atoms with Gasteiger partial charge in [0.15, 0.2) is 0 Å². The normalized spacial score (nSPS) is 13.5. The average Bonchev–Trinajstić information content (AvgIpc) is 3.51. The SMILES string of the molecule is Cc1cccc(-c2ccc3ccc(-c4ccc5c(c4)-c4ccccc4C54c5ccccc5-c5ccccc54)cc3c2)n1. The second-order valence-electron chi connectivity index (χ2n) is 11.6. The molecule has 2 aliphatic rings. The topological polar surface area (TPSA) is 12.9 Å². The monoisotopic (exact) mass is 533 g/mol. The van der Waals surface area contributed by atoms with Crippen LogP contribution in [0.25, 0.3) is 55.4 Å². The third-order valence-corrected chi connectivity index (χ3v) is 9.35. The molecular weight excluding hydrogens is 506 g/mol. The first-order valence-corrected chi connectivity index (χ1v) is 14.6. The van der Waals surface area contributed by atoms with Crippen LogP contribution < -0.4 is 0 Å². The quantitative estimate of drug-likeness (QED) is 0.215. The maximum absolute atomic E-state index is 4.76. The number of hydrogen-bond donors (Lipinski definition) is 0. The highest BCUT2D eigenvalue weighted by Gasteiger charge is 2.51. The van der Waals surface area contributed by atoms with Crippen LogP contribution in [-0.2, 0) is 5.41 Å². The molecule has 196 valence electrons. The van der Waals surface area contributed by atoms with Crippen LogP contribution in [-0.4, -0.2) is 4.98 Å². The van der Waals surface area contributed by atoms with E-state index in [0.717, 1.165) is 17.0 Å². The number of nitrogens with zero attached hydrogens (tertiary/aromatic N) is 1. The van der Waals surface area contributed by atoms with E-state index in [1.165, 1.54) is 66.4 Å². The summed E-state index contributed by atoms with van der Waals surface area (Å²) in [5.74, 6) is 0. The van der Waals surface area contributed by atoms with Crippen LogP contribution in [0.3, 0.4) is 0 Å². The zero-order valence-corrected chi connectivity index (χ0v) is 23.3. The molecule has 0 radical (unpaired) electrons. The molecule has 6 aromatic carbocycles. The van der Waals surface area contributed by atoms with Crippen LogP contribution in [0, 0.1) is 6.92 Å². The number of rotatable bonds is 2. The van der Waals surface area contributed by atoms with E-state index in [9.17, 15) is 0 Å². The van der Waals surface area contributed by atoms with Crippen molar-refractivity contribution in [3.63, 3.8) is 0 Å². The van der Waals surface area contributed by atoms with Gasteiger partial charge in [-0.2, -0.15) is 0 Å². The van der Waals surface area contributed by atoms with Gasteiger partial charge in [-0.3, -0.25) is 4.98 Å². The van der Waals surface area contributed by atoms with Gasteiger partial charge in [-0.15, -0.1) is 0 Å². The summed E-state index contributed by atoms with van der Waals surface area (Å²) < 4.78 is 0. The van der Waals surface area contributed by atoms with Crippen molar-refractivity contribution in [2.75, 3.05) is 0 Å². The van der Waals surface area contributed by atoms with Gasteiger partial charge in [0.25, 0.3) is 0 Å². The summed E-state index contributed by atoms with van der Waals surface area (Å²) >= 11 is 0. The molecule has 42 heavy (non-hydrogen) atoms. The molecule has 0 saturated heterocycles. The average molecular weight is 534 g/mol. The Kier molecular flexibility index (Phi) is 4.81. The molecule has 2 aliphatic carbocycles. The maximum atomic E-state index is 4.76. The van der Waals surface area contributed by atoms with E-state index < -0.39 is 0 Å². The van der Waals surface area contributed by atoms with Gasteiger partial charge in [0.05, 0.1) is 11.1 Å². The number of benzene rings is 6. The molecule has 1 spiro atoms. The van der Waals surface area contributed by atoms with Gasteiger partial charge in [0, 0.05) is 11.3 Å². The van der Waals surface area contributed by atoms with E-state index in [0.29, 0.717) is 0 Å². The molecule has 1 aromatic heterocycles. The number of pyridine rings is 1. The summed E-state index contributed by atoms with van der Waals surface area (Å²) in [5, 5.41) is 2.46. The van der Waals surface area contributed by atoms with Crippen molar-refractivity contribution in [1.29, 1.82) is 0 Å². The lowest BCUT2D eigenvalue weighted by Crippen LogP contribution is -2.25. The molecule has 0 N–H and O–H groups in total. The van der Waals surface area contributed by atoms with Crippen molar-refractivity contribution >= 4 is 10.8 Å². The Morgan fingerprint density at radius 1 is 0.405 bits per heavy atom. The zero-order valence-electron chi connectivity index (χ0n) is 23.3. The summed E-state index contributed by atoms with van der Waals surface area (Å²) in [7, 11) is 0. The second kappa shape index (κ2) is 8.61. The van der Waals surface area contributed by atoms with Crippen molar-refractivity contribution in [1.82, 2.24) is 4.98 Å². The van der Waals surface area contributed by atoms with E-state index in [4.69, 9.17) is 4.98 Å². The first kappa shape index (κ1) is 23.4. The predicted octanol–water partition coefficient (Wildman–Crippen LogP) is 10.2. The molecule has 0 bridgehead atoms. The summed E-state index contributed by atoms with van der Waals surface area (Å²) in [5.41, 5.74) is 16.2. The van der Waals surface area contributed by atoms with E-state index in [2.05, 4.69) is 140 Å². The molecule has 0 aliphatic heterocycles. The highest BCUT2D eigenvalue weighted by Crippen LogP contribution is 2.62. The minimum atomic E-state index is -0.295. The Morgan fingerprint density at radius 2 is 0.929 bits per heavy atom. The Labute approximate surface area is 245 Å². The summed E-state index contributed by atoms with van der Waals surface area (Å²) in [4.78, 5) is 4.76. The van der Waals surface area contributed by atoms with Crippen molar-refractivity contribution in [3.05, 3.63) is 174 Å². The summed E-state index contributed by atoms with van der Waals surface area (Å²) in [6, 6.07) is 53.8. The van der Waals surface area contributed by atoms with E-state index in [-0.39, 0.29) is 5.41 Å². The van der Waals surface area contributed by atoms with Crippen LogP contribution in [0.5, 0.6) is 0 Å². The van der Waals surface area contributed by atoms with E-state index in [1.54, 1.807) is 0 Å². The largest absolute Gasteiger partial charge is 0.253 e. The summed E-state index contributed by atoms with van der Waals surface area (Å²) in [6.07, 6.45) is 0. The highest BCUT2D eigenvalue weighted by molar-refractivity contribution is 5.97. The fraction of sp³-hybridized carbons (Fsp3) is 0.0488. The first-order chi connectivity index (χ1) is 20.7. The molecule has 7 aromatic rings. The molecule has 0 fully saturated rings. The Morgan fingerprint density at radius 3 is 1.60 bits per heavy atom. The molecule has 1 heteroatoms. The lowest BCUT2D eigenvalue weighted by atomic mass is 9.70.